The summed E-state index contributed by atoms with van der Waals surface area (Å²) in [5.41, 5.74) is 3.61. The molecule has 0 bridgehead atoms. The van der Waals surface area contributed by atoms with Gasteiger partial charge in [-0.2, -0.15) is 0 Å². The molecule has 1 heterocycles. The third-order valence-corrected chi connectivity index (χ3v) is 6.02. The van der Waals surface area contributed by atoms with Crippen LogP contribution in [0.4, 0.5) is 0 Å². The van der Waals surface area contributed by atoms with Crippen LogP contribution in [0.5, 0.6) is 0 Å². The maximum atomic E-state index is 4.77. The zero-order valence-corrected chi connectivity index (χ0v) is 14.6. The van der Waals surface area contributed by atoms with Crippen molar-refractivity contribution in [1.29, 1.82) is 0 Å². The van der Waals surface area contributed by atoms with Gasteiger partial charge in [0.25, 0.3) is 0 Å². The largest absolute Gasteiger partial charge is 0.204 e. The van der Waals surface area contributed by atoms with Gasteiger partial charge < -0.3 is 0 Å². The van der Waals surface area contributed by atoms with Crippen LogP contribution < -0.4 is 0 Å². The van der Waals surface area contributed by atoms with E-state index in [0.29, 0.717) is 0 Å². The molecule has 0 unspecified atom stereocenters. The highest BCUT2D eigenvalue weighted by Crippen LogP contribution is 2.47. The first-order chi connectivity index (χ1) is 11.9. The Morgan fingerprint density at radius 3 is 1.50 bits per heavy atom. The van der Waals surface area contributed by atoms with Crippen LogP contribution in [0.3, 0.4) is 0 Å². The first kappa shape index (κ1) is 15.3. The molecule has 0 N–H and O–H groups in total. The molecule has 0 atom stereocenters. The Kier molecular flexibility index (Phi) is 4.54. The molecule has 24 heavy (non-hydrogen) atoms. The molecule has 0 aromatic heterocycles. The minimum absolute atomic E-state index is 1.05. The lowest BCUT2D eigenvalue weighted by atomic mass is 10.1. The molecule has 0 amide bonds. The standard InChI is InChI=1S/C21H15NS2/c1-4-10-16(11-5-1)19-20(17-12-6-2-7-13-17)24-22-21(23-19)18-14-8-3-9-15-18/h1-15H. The van der Waals surface area contributed by atoms with Crippen molar-refractivity contribution in [3.05, 3.63) is 108 Å². The molecule has 1 nitrogen and oxygen atoms in total. The van der Waals surface area contributed by atoms with Crippen LogP contribution in [0.2, 0.25) is 0 Å². The molecule has 1 aliphatic rings. The van der Waals surface area contributed by atoms with Crippen LogP contribution in [-0.4, -0.2) is 5.04 Å². The fourth-order valence-corrected chi connectivity index (χ4v) is 4.67. The Labute approximate surface area is 150 Å². The Morgan fingerprint density at radius 1 is 0.500 bits per heavy atom. The molecular formula is C21H15NS2. The number of thioether (sulfide) groups is 1. The van der Waals surface area contributed by atoms with Crippen LogP contribution in [0.1, 0.15) is 16.7 Å². The highest BCUT2D eigenvalue weighted by atomic mass is 32.2. The molecule has 4 rings (SSSR count). The summed E-state index contributed by atoms with van der Waals surface area (Å²) < 4.78 is 4.77. The van der Waals surface area contributed by atoms with Gasteiger partial charge in [0.15, 0.2) is 0 Å². The summed E-state index contributed by atoms with van der Waals surface area (Å²) in [5.74, 6) is 0. The minimum atomic E-state index is 1.05. The van der Waals surface area contributed by atoms with E-state index in [4.69, 9.17) is 4.40 Å². The summed E-state index contributed by atoms with van der Waals surface area (Å²) in [6.07, 6.45) is 0. The van der Waals surface area contributed by atoms with E-state index in [9.17, 15) is 0 Å². The number of nitrogens with zero attached hydrogens (tertiary/aromatic N) is 1. The predicted molar refractivity (Wildman–Crippen MR) is 108 cm³/mol. The monoisotopic (exact) mass is 345 g/mol. The summed E-state index contributed by atoms with van der Waals surface area (Å²) in [6, 6.07) is 31.4. The number of hydrogen-bond donors (Lipinski definition) is 0. The molecule has 3 aromatic carbocycles. The van der Waals surface area contributed by atoms with Crippen LogP contribution in [0, 0.1) is 0 Å². The highest BCUT2D eigenvalue weighted by molar-refractivity contribution is 8.26. The molecule has 1 aliphatic heterocycles. The quantitative estimate of drug-likeness (QED) is 0.512. The number of benzene rings is 3. The van der Waals surface area contributed by atoms with E-state index in [1.165, 1.54) is 20.9 Å². The van der Waals surface area contributed by atoms with E-state index in [1.54, 1.807) is 23.7 Å². The van der Waals surface area contributed by atoms with E-state index >= 15 is 0 Å². The van der Waals surface area contributed by atoms with Crippen molar-refractivity contribution in [2.45, 2.75) is 0 Å². The first-order valence-corrected chi connectivity index (χ1v) is 9.34. The Balaban J connectivity index is 1.79. The number of hydrogen-bond acceptors (Lipinski definition) is 3. The van der Waals surface area contributed by atoms with Gasteiger partial charge >= 0.3 is 0 Å². The van der Waals surface area contributed by atoms with Gasteiger partial charge in [-0.1, -0.05) is 103 Å². The Bertz CT molecular complexity index is 885. The van der Waals surface area contributed by atoms with Crippen molar-refractivity contribution in [3.8, 4) is 0 Å². The Morgan fingerprint density at radius 2 is 0.958 bits per heavy atom. The maximum Gasteiger partial charge on any atom is 0.117 e. The Hall–Kier alpha value is -2.23. The molecule has 0 saturated carbocycles. The van der Waals surface area contributed by atoms with E-state index in [2.05, 4.69) is 78.9 Å². The molecule has 0 saturated heterocycles. The molecule has 116 valence electrons. The van der Waals surface area contributed by atoms with Gasteiger partial charge in [0.1, 0.15) is 5.04 Å². The average Bonchev–Trinajstić information content (AvgIpc) is 2.69. The second kappa shape index (κ2) is 7.12. The second-order valence-corrected chi connectivity index (χ2v) is 7.12. The third-order valence-electron chi connectivity index (χ3n) is 3.72. The lowest BCUT2D eigenvalue weighted by Crippen LogP contribution is -2.00. The van der Waals surface area contributed by atoms with Gasteiger partial charge in [-0.15, -0.1) is 0 Å². The van der Waals surface area contributed by atoms with E-state index in [1.807, 2.05) is 12.1 Å². The first-order valence-electron chi connectivity index (χ1n) is 7.75. The van der Waals surface area contributed by atoms with Crippen LogP contribution in [0.15, 0.2) is 95.4 Å². The lowest BCUT2D eigenvalue weighted by Gasteiger charge is -2.19. The van der Waals surface area contributed by atoms with Crippen molar-refractivity contribution in [2.75, 3.05) is 0 Å². The van der Waals surface area contributed by atoms with Crippen molar-refractivity contribution < 1.29 is 0 Å². The predicted octanol–water partition coefficient (Wildman–Crippen LogP) is 6.35. The van der Waals surface area contributed by atoms with Gasteiger partial charge in [-0.3, -0.25) is 0 Å². The van der Waals surface area contributed by atoms with E-state index < -0.39 is 0 Å². The summed E-state index contributed by atoms with van der Waals surface area (Å²) in [4.78, 5) is 2.48. The topological polar surface area (TPSA) is 12.4 Å². The van der Waals surface area contributed by atoms with Crippen molar-refractivity contribution in [2.24, 2.45) is 4.40 Å². The van der Waals surface area contributed by atoms with E-state index in [-0.39, 0.29) is 0 Å². The zero-order valence-electron chi connectivity index (χ0n) is 12.9. The average molecular weight is 345 g/mol. The molecule has 0 aliphatic carbocycles. The van der Waals surface area contributed by atoms with Crippen LogP contribution >= 0.6 is 23.7 Å². The van der Waals surface area contributed by atoms with Gasteiger partial charge in [0.2, 0.25) is 0 Å². The van der Waals surface area contributed by atoms with Crippen molar-refractivity contribution in [1.82, 2.24) is 0 Å². The SMILES string of the molecule is c1ccc(C2=NSC(c3ccccc3)=C(c3ccccc3)S2)cc1. The van der Waals surface area contributed by atoms with Gasteiger partial charge in [-0.25, -0.2) is 4.40 Å². The fraction of sp³-hybridized carbons (Fsp3) is 0. The summed E-state index contributed by atoms with van der Waals surface area (Å²) in [6.45, 7) is 0. The fourth-order valence-electron chi connectivity index (χ4n) is 2.54. The van der Waals surface area contributed by atoms with Gasteiger partial charge in [0.05, 0.1) is 4.91 Å². The molecule has 0 radical (unpaired) electrons. The molecule has 0 spiro atoms. The normalized spacial score (nSPS) is 14.4. The molecule has 3 aromatic rings. The van der Waals surface area contributed by atoms with E-state index in [0.717, 1.165) is 10.6 Å². The maximum absolute atomic E-state index is 4.77. The van der Waals surface area contributed by atoms with Gasteiger partial charge in [0, 0.05) is 22.4 Å². The second-order valence-electron chi connectivity index (χ2n) is 5.35. The lowest BCUT2D eigenvalue weighted by molar-refractivity contribution is 1.62. The zero-order chi connectivity index (χ0) is 16.2. The summed E-state index contributed by atoms with van der Waals surface area (Å²) in [5, 5.41) is 1.05. The summed E-state index contributed by atoms with van der Waals surface area (Å²) in [7, 11) is 0. The molecular weight excluding hydrogens is 330 g/mol. The van der Waals surface area contributed by atoms with Crippen LogP contribution in [-0.2, 0) is 0 Å². The van der Waals surface area contributed by atoms with Crippen LogP contribution in [0.25, 0.3) is 9.81 Å². The third kappa shape index (κ3) is 3.18. The summed E-state index contributed by atoms with van der Waals surface area (Å²) >= 11 is 3.32. The smallest absolute Gasteiger partial charge is 0.117 e. The van der Waals surface area contributed by atoms with Gasteiger partial charge in [-0.05, 0) is 11.1 Å². The number of rotatable bonds is 3. The highest BCUT2D eigenvalue weighted by Gasteiger charge is 2.21. The van der Waals surface area contributed by atoms with Crippen molar-refractivity contribution >= 4 is 38.6 Å². The molecule has 3 heteroatoms. The molecule has 0 fully saturated rings. The minimum Gasteiger partial charge on any atom is -0.204 e. The van der Waals surface area contributed by atoms with Crippen molar-refractivity contribution in [3.63, 3.8) is 0 Å².